The molecule has 0 aromatic heterocycles. The van der Waals surface area contributed by atoms with Crippen molar-refractivity contribution in [3.63, 3.8) is 0 Å². The molecule has 74 valence electrons. The highest BCUT2D eigenvalue weighted by atomic mass is 16.5. The highest BCUT2D eigenvalue weighted by Crippen LogP contribution is 2.04. The molecule has 0 saturated heterocycles. The SMILES string of the molecule is C=CC(=O)OCC(O)CCC(=C)C. The number of rotatable bonds is 6. The van der Waals surface area contributed by atoms with Crippen LogP contribution in [-0.4, -0.2) is 23.8 Å². The van der Waals surface area contributed by atoms with Crippen molar-refractivity contribution in [2.24, 2.45) is 0 Å². The van der Waals surface area contributed by atoms with Crippen molar-refractivity contribution in [3.05, 3.63) is 24.8 Å². The Morgan fingerprint density at radius 2 is 2.31 bits per heavy atom. The van der Waals surface area contributed by atoms with Gasteiger partial charge in [0.25, 0.3) is 0 Å². The predicted molar refractivity (Wildman–Crippen MR) is 51.2 cm³/mol. The number of hydrogen-bond acceptors (Lipinski definition) is 3. The van der Waals surface area contributed by atoms with E-state index in [1.807, 2.05) is 6.92 Å². The second-order valence-corrected chi connectivity index (χ2v) is 2.98. The zero-order valence-electron chi connectivity index (χ0n) is 7.95. The van der Waals surface area contributed by atoms with Gasteiger partial charge in [0.05, 0.1) is 6.10 Å². The predicted octanol–water partition coefficient (Wildman–Crippen LogP) is 1.43. The summed E-state index contributed by atoms with van der Waals surface area (Å²) in [6.07, 6.45) is 1.78. The van der Waals surface area contributed by atoms with Gasteiger partial charge in [-0.2, -0.15) is 0 Å². The number of carbonyl (C=O) groups is 1. The maximum Gasteiger partial charge on any atom is 0.330 e. The monoisotopic (exact) mass is 184 g/mol. The van der Waals surface area contributed by atoms with E-state index < -0.39 is 12.1 Å². The number of aliphatic hydroxyl groups excluding tert-OH is 1. The van der Waals surface area contributed by atoms with Gasteiger partial charge in [0.1, 0.15) is 6.61 Å². The Morgan fingerprint density at radius 3 is 2.77 bits per heavy atom. The van der Waals surface area contributed by atoms with Gasteiger partial charge < -0.3 is 9.84 Å². The summed E-state index contributed by atoms with van der Waals surface area (Å²) in [5.74, 6) is -0.505. The van der Waals surface area contributed by atoms with Crippen molar-refractivity contribution < 1.29 is 14.6 Å². The third kappa shape index (κ3) is 7.28. The second-order valence-electron chi connectivity index (χ2n) is 2.98. The maximum absolute atomic E-state index is 10.6. The average Bonchev–Trinajstić information content (AvgIpc) is 2.10. The second kappa shape index (κ2) is 6.43. The van der Waals surface area contributed by atoms with Gasteiger partial charge in [-0.05, 0) is 19.8 Å². The van der Waals surface area contributed by atoms with E-state index in [1.165, 1.54) is 0 Å². The van der Waals surface area contributed by atoms with E-state index in [0.717, 1.165) is 18.1 Å². The number of ether oxygens (including phenoxy) is 1. The molecular formula is C10H16O3. The molecule has 0 aliphatic heterocycles. The minimum atomic E-state index is -0.611. The number of aliphatic hydroxyl groups is 1. The molecule has 3 heteroatoms. The zero-order valence-corrected chi connectivity index (χ0v) is 7.95. The Kier molecular flexibility index (Phi) is 5.89. The van der Waals surface area contributed by atoms with Crippen molar-refractivity contribution in [1.29, 1.82) is 0 Å². The summed E-state index contributed by atoms with van der Waals surface area (Å²) in [5.41, 5.74) is 1.01. The standard InChI is InChI=1S/C10H16O3/c1-4-10(12)13-7-9(11)6-5-8(2)3/h4,9,11H,1-2,5-7H2,3H3. The molecule has 0 aromatic carbocycles. The van der Waals surface area contributed by atoms with Crippen molar-refractivity contribution in [2.45, 2.75) is 25.9 Å². The maximum atomic E-state index is 10.6. The normalized spacial score (nSPS) is 11.8. The van der Waals surface area contributed by atoms with E-state index in [0.29, 0.717) is 6.42 Å². The molecule has 0 heterocycles. The Labute approximate surface area is 78.7 Å². The van der Waals surface area contributed by atoms with E-state index in [2.05, 4.69) is 17.9 Å². The summed E-state index contributed by atoms with van der Waals surface area (Å²) in [6, 6.07) is 0. The minimum absolute atomic E-state index is 0.0259. The zero-order chi connectivity index (χ0) is 10.3. The van der Waals surface area contributed by atoms with Gasteiger partial charge in [-0.1, -0.05) is 12.2 Å². The molecule has 0 saturated carbocycles. The summed E-state index contributed by atoms with van der Waals surface area (Å²) in [5, 5.41) is 9.29. The van der Waals surface area contributed by atoms with Crippen LogP contribution in [0.25, 0.3) is 0 Å². The topological polar surface area (TPSA) is 46.5 Å². The van der Waals surface area contributed by atoms with Crippen LogP contribution >= 0.6 is 0 Å². The summed E-state index contributed by atoms with van der Waals surface area (Å²) < 4.78 is 4.65. The summed E-state index contributed by atoms with van der Waals surface area (Å²) in [7, 11) is 0. The molecule has 3 nitrogen and oxygen atoms in total. The molecule has 1 N–H and O–H groups in total. The van der Waals surface area contributed by atoms with Crippen LogP contribution in [0, 0.1) is 0 Å². The third-order valence-corrected chi connectivity index (χ3v) is 1.49. The first-order chi connectivity index (χ1) is 6.06. The summed E-state index contributed by atoms with van der Waals surface area (Å²) in [6.45, 7) is 8.86. The molecule has 1 unspecified atom stereocenters. The molecule has 0 rings (SSSR count). The Balaban J connectivity index is 3.50. The largest absolute Gasteiger partial charge is 0.460 e. The number of allylic oxidation sites excluding steroid dienone is 1. The van der Waals surface area contributed by atoms with E-state index in [9.17, 15) is 9.90 Å². The van der Waals surface area contributed by atoms with E-state index in [1.54, 1.807) is 0 Å². The molecule has 0 spiro atoms. The fraction of sp³-hybridized carbons (Fsp3) is 0.500. The first-order valence-electron chi connectivity index (χ1n) is 4.18. The van der Waals surface area contributed by atoms with Gasteiger partial charge in [0.2, 0.25) is 0 Å². The highest BCUT2D eigenvalue weighted by molar-refractivity contribution is 5.81. The molecule has 0 aliphatic rings. The van der Waals surface area contributed by atoms with Crippen molar-refractivity contribution in [2.75, 3.05) is 6.61 Å². The highest BCUT2D eigenvalue weighted by Gasteiger charge is 2.06. The van der Waals surface area contributed by atoms with Crippen LogP contribution in [0.1, 0.15) is 19.8 Å². The van der Waals surface area contributed by atoms with Gasteiger partial charge in [0, 0.05) is 6.08 Å². The van der Waals surface area contributed by atoms with Gasteiger partial charge in [-0.15, -0.1) is 6.58 Å². The van der Waals surface area contributed by atoms with E-state index in [4.69, 9.17) is 0 Å². The lowest BCUT2D eigenvalue weighted by Crippen LogP contribution is -2.17. The van der Waals surface area contributed by atoms with Gasteiger partial charge in [0.15, 0.2) is 0 Å². The molecule has 0 aliphatic carbocycles. The van der Waals surface area contributed by atoms with E-state index >= 15 is 0 Å². The molecule has 13 heavy (non-hydrogen) atoms. The molecule has 0 aromatic rings. The number of hydrogen-bond donors (Lipinski definition) is 1. The molecule has 0 amide bonds. The molecule has 0 fully saturated rings. The average molecular weight is 184 g/mol. The van der Waals surface area contributed by atoms with Crippen LogP contribution in [0.15, 0.2) is 24.8 Å². The van der Waals surface area contributed by atoms with Crippen LogP contribution < -0.4 is 0 Å². The van der Waals surface area contributed by atoms with Crippen LogP contribution in [0.4, 0.5) is 0 Å². The summed E-state index contributed by atoms with van der Waals surface area (Å²) in [4.78, 5) is 10.6. The van der Waals surface area contributed by atoms with Crippen LogP contribution in [-0.2, 0) is 9.53 Å². The first-order valence-corrected chi connectivity index (χ1v) is 4.18. The molecule has 0 bridgehead atoms. The number of carbonyl (C=O) groups excluding carboxylic acids is 1. The number of esters is 1. The Hall–Kier alpha value is -1.09. The van der Waals surface area contributed by atoms with Crippen LogP contribution in [0.5, 0.6) is 0 Å². The summed E-state index contributed by atoms with van der Waals surface area (Å²) >= 11 is 0. The fourth-order valence-electron chi connectivity index (χ4n) is 0.734. The van der Waals surface area contributed by atoms with Gasteiger partial charge in [-0.3, -0.25) is 0 Å². The molecular weight excluding hydrogens is 168 g/mol. The first kappa shape index (κ1) is 11.9. The van der Waals surface area contributed by atoms with Crippen molar-refractivity contribution >= 4 is 5.97 Å². The lowest BCUT2D eigenvalue weighted by molar-refractivity contribution is -0.140. The van der Waals surface area contributed by atoms with Gasteiger partial charge >= 0.3 is 5.97 Å². The smallest absolute Gasteiger partial charge is 0.330 e. The van der Waals surface area contributed by atoms with Crippen molar-refractivity contribution in [1.82, 2.24) is 0 Å². The lowest BCUT2D eigenvalue weighted by Gasteiger charge is -2.09. The minimum Gasteiger partial charge on any atom is -0.460 e. The van der Waals surface area contributed by atoms with E-state index in [-0.39, 0.29) is 6.61 Å². The Morgan fingerprint density at radius 1 is 1.69 bits per heavy atom. The third-order valence-electron chi connectivity index (χ3n) is 1.49. The quantitative estimate of drug-likeness (QED) is 0.386. The van der Waals surface area contributed by atoms with Crippen molar-refractivity contribution in [3.8, 4) is 0 Å². The van der Waals surface area contributed by atoms with Crippen LogP contribution in [0.2, 0.25) is 0 Å². The lowest BCUT2D eigenvalue weighted by atomic mass is 10.1. The van der Waals surface area contributed by atoms with Crippen LogP contribution in [0.3, 0.4) is 0 Å². The molecule has 0 radical (unpaired) electrons. The fourth-order valence-corrected chi connectivity index (χ4v) is 0.734. The molecule has 1 atom stereocenters. The van der Waals surface area contributed by atoms with Gasteiger partial charge in [-0.25, -0.2) is 4.79 Å². The Bertz CT molecular complexity index is 196.